The van der Waals surface area contributed by atoms with Crippen LogP contribution < -0.4 is 5.32 Å². The minimum atomic E-state index is -0.276. The van der Waals surface area contributed by atoms with Gasteiger partial charge in [0.2, 0.25) is 0 Å². The zero-order chi connectivity index (χ0) is 14.4. The number of nitrogens with zero attached hydrogens (tertiary/aromatic N) is 1. The molecule has 0 bridgehead atoms. The lowest BCUT2D eigenvalue weighted by Crippen LogP contribution is -2.24. The van der Waals surface area contributed by atoms with Crippen molar-refractivity contribution in [1.29, 1.82) is 5.26 Å². The molecule has 0 aliphatic rings. The molecule has 0 aliphatic heterocycles. The molecule has 0 aromatic heterocycles. The van der Waals surface area contributed by atoms with E-state index in [1.165, 1.54) is 12.1 Å². The van der Waals surface area contributed by atoms with Crippen molar-refractivity contribution in [1.82, 2.24) is 5.32 Å². The summed E-state index contributed by atoms with van der Waals surface area (Å²) < 4.78 is 12.8. The molecule has 0 aliphatic carbocycles. The third-order valence-electron chi connectivity index (χ3n) is 2.85. The van der Waals surface area contributed by atoms with Gasteiger partial charge in [0, 0.05) is 12.1 Å². The van der Waals surface area contributed by atoms with Crippen LogP contribution in [0.1, 0.15) is 16.8 Å². The Hall–Kier alpha value is -2.67. The van der Waals surface area contributed by atoms with Gasteiger partial charge in [-0.05, 0) is 35.4 Å². The Bertz CT molecular complexity index is 627. The van der Waals surface area contributed by atoms with E-state index in [2.05, 4.69) is 5.32 Å². The number of carbonyl (C=O) groups is 1. The number of carbonyl (C=O) groups excluding carboxylic acids is 1. The van der Waals surface area contributed by atoms with Crippen LogP contribution in [-0.2, 0) is 0 Å². The molecule has 2 rings (SSSR count). The van der Waals surface area contributed by atoms with Gasteiger partial charge in [-0.2, -0.15) is 5.26 Å². The summed E-state index contributed by atoms with van der Waals surface area (Å²) in [4.78, 5) is 11.7. The smallest absolute Gasteiger partial charge is 0.251 e. The molecule has 1 amide bonds. The van der Waals surface area contributed by atoms with E-state index in [1.807, 2.05) is 18.2 Å². The highest BCUT2D eigenvalue weighted by Gasteiger charge is 2.05. The Kier molecular flexibility index (Phi) is 4.46. The predicted molar refractivity (Wildman–Crippen MR) is 74.4 cm³/mol. The van der Waals surface area contributed by atoms with Crippen LogP contribution in [-0.4, -0.2) is 12.5 Å². The van der Waals surface area contributed by atoms with E-state index in [-0.39, 0.29) is 11.7 Å². The minimum absolute atomic E-state index is 0.203. The van der Waals surface area contributed by atoms with Gasteiger partial charge < -0.3 is 5.32 Å². The zero-order valence-electron chi connectivity index (χ0n) is 10.8. The Morgan fingerprint density at radius 2 is 1.60 bits per heavy atom. The van der Waals surface area contributed by atoms with Gasteiger partial charge in [-0.15, -0.1) is 0 Å². The van der Waals surface area contributed by atoms with Crippen molar-refractivity contribution in [3.05, 3.63) is 59.9 Å². The predicted octanol–water partition coefficient (Wildman–Crippen LogP) is 3.14. The number of nitrogens with one attached hydrogen (secondary N) is 1. The third kappa shape index (κ3) is 3.42. The molecule has 0 saturated carbocycles. The summed E-state index contributed by atoms with van der Waals surface area (Å²) in [7, 11) is 0. The first kappa shape index (κ1) is 13.8. The van der Waals surface area contributed by atoms with Gasteiger partial charge in [0.15, 0.2) is 0 Å². The third-order valence-corrected chi connectivity index (χ3v) is 2.85. The van der Waals surface area contributed by atoms with Crippen LogP contribution in [0.4, 0.5) is 4.39 Å². The number of hydrogen-bond acceptors (Lipinski definition) is 2. The Balaban J connectivity index is 2.08. The number of benzene rings is 2. The van der Waals surface area contributed by atoms with E-state index in [0.29, 0.717) is 18.5 Å². The van der Waals surface area contributed by atoms with Crippen LogP contribution in [0, 0.1) is 17.1 Å². The molecule has 0 saturated heterocycles. The SMILES string of the molecule is N#CCCNC(=O)c1ccc(-c2ccc(F)cc2)cc1. The highest BCUT2D eigenvalue weighted by atomic mass is 19.1. The molecule has 0 atom stereocenters. The topological polar surface area (TPSA) is 52.9 Å². The molecule has 0 spiro atoms. The van der Waals surface area contributed by atoms with Gasteiger partial charge in [0.05, 0.1) is 12.5 Å². The quantitative estimate of drug-likeness (QED) is 0.866. The normalized spacial score (nSPS) is 9.80. The molecule has 0 radical (unpaired) electrons. The summed E-state index contributed by atoms with van der Waals surface area (Å²) in [6, 6.07) is 15.2. The van der Waals surface area contributed by atoms with Gasteiger partial charge in [-0.25, -0.2) is 4.39 Å². The molecule has 20 heavy (non-hydrogen) atoms. The molecule has 4 heteroatoms. The fraction of sp³-hybridized carbons (Fsp3) is 0.125. The first-order valence-electron chi connectivity index (χ1n) is 6.22. The van der Waals surface area contributed by atoms with Crippen LogP contribution in [0.3, 0.4) is 0 Å². The molecule has 0 fully saturated rings. The maximum atomic E-state index is 12.8. The fourth-order valence-corrected chi connectivity index (χ4v) is 1.79. The highest BCUT2D eigenvalue weighted by Crippen LogP contribution is 2.20. The molecule has 0 unspecified atom stereocenters. The van der Waals surface area contributed by atoms with Gasteiger partial charge in [-0.3, -0.25) is 4.79 Å². The van der Waals surface area contributed by atoms with Crippen molar-refractivity contribution in [2.75, 3.05) is 6.54 Å². The molecular formula is C16H13FN2O. The summed E-state index contributed by atoms with van der Waals surface area (Å²) >= 11 is 0. The first-order chi connectivity index (χ1) is 9.70. The van der Waals surface area contributed by atoms with Crippen LogP contribution in [0.25, 0.3) is 11.1 Å². The summed E-state index contributed by atoms with van der Waals surface area (Å²) in [6.07, 6.45) is 0.291. The van der Waals surface area contributed by atoms with E-state index in [4.69, 9.17) is 5.26 Å². The molecule has 1 N–H and O–H groups in total. The summed E-state index contributed by atoms with van der Waals surface area (Å²) in [6.45, 7) is 0.342. The Labute approximate surface area is 116 Å². The lowest BCUT2D eigenvalue weighted by atomic mass is 10.0. The lowest BCUT2D eigenvalue weighted by molar-refractivity contribution is 0.0954. The van der Waals surface area contributed by atoms with Crippen molar-refractivity contribution in [3.8, 4) is 17.2 Å². The van der Waals surface area contributed by atoms with Crippen LogP contribution in [0.2, 0.25) is 0 Å². The summed E-state index contributed by atoms with van der Waals surface area (Å²) in [5.74, 6) is -0.479. The van der Waals surface area contributed by atoms with Crippen LogP contribution in [0.15, 0.2) is 48.5 Å². The van der Waals surface area contributed by atoms with E-state index in [9.17, 15) is 9.18 Å². The maximum absolute atomic E-state index is 12.8. The second-order valence-electron chi connectivity index (χ2n) is 4.25. The maximum Gasteiger partial charge on any atom is 0.251 e. The van der Waals surface area contributed by atoms with E-state index >= 15 is 0 Å². The van der Waals surface area contributed by atoms with Crippen molar-refractivity contribution >= 4 is 5.91 Å². The van der Waals surface area contributed by atoms with Crippen LogP contribution in [0.5, 0.6) is 0 Å². The largest absolute Gasteiger partial charge is 0.351 e. The lowest BCUT2D eigenvalue weighted by Gasteiger charge is -2.05. The number of hydrogen-bond donors (Lipinski definition) is 1. The summed E-state index contributed by atoms with van der Waals surface area (Å²) in [5, 5.41) is 11.1. The second-order valence-corrected chi connectivity index (χ2v) is 4.25. The standard InChI is InChI=1S/C16H13FN2O/c17-15-8-6-13(7-9-15)12-2-4-14(5-3-12)16(20)19-11-1-10-18/h2-9H,1,11H2,(H,19,20). The molecule has 2 aromatic carbocycles. The monoisotopic (exact) mass is 268 g/mol. The number of halogens is 1. The average Bonchev–Trinajstić information content (AvgIpc) is 2.48. The van der Waals surface area contributed by atoms with Crippen molar-refractivity contribution < 1.29 is 9.18 Å². The highest BCUT2D eigenvalue weighted by molar-refractivity contribution is 5.94. The molecule has 100 valence electrons. The summed E-state index contributed by atoms with van der Waals surface area (Å²) in [5.41, 5.74) is 2.34. The Morgan fingerprint density at radius 1 is 1.05 bits per heavy atom. The second kappa shape index (κ2) is 6.48. The number of nitriles is 1. The molecule has 2 aromatic rings. The minimum Gasteiger partial charge on any atom is -0.351 e. The fourth-order valence-electron chi connectivity index (χ4n) is 1.79. The van der Waals surface area contributed by atoms with Gasteiger partial charge in [0.1, 0.15) is 5.82 Å². The van der Waals surface area contributed by atoms with Crippen molar-refractivity contribution in [3.63, 3.8) is 0 Å². The van der Waals surface area contributed by atoms with Gasteiger partial charge in [0.25, 0.3) is 5.91 Å². The molecular weight excluding hydrogens is 255 g/mol. The number of rotatable bonds is 4. The van der Waals surface area contributed by atoms with E-state index in [1.54, 1.807) is 24.3 Å². The van der Waals surface area contributed by atoms with E-state index < -0.39 is 0 Å². The zero-order valence-corrected chi connectivity index (χ0v) is 10.8. The van der Waals surface area contributed by atoms with E-state index in [0.717, 1.165) is 11.1 Å². The van der Waals surface area contributed by atoms with Crippen molar-refractivity contribution in [2.45, 2.75) is 6.42 Å². The average molecular weight is 268 g/mol. The molecule has 3 nitrogen and oxygen atoms in total. The Morgan fingerprint density at radius 3 is 2.15 bits per heavy atom. The van der Waals surface area contributed by atoms with Crippen LogP contribution >= 0.6 is 0 Å². The van der Waals surface area contributed by atoms with Crippen molar-refractivity contribution in [2.24, 2.45) is 0 Å². The first-order valence-corrected chi connectivity index (χ1v) is 6.22. The van der Waals surface area contributed by atoms with Gasteiger partial charge >= 0.3 is 0 Å². The van der Waals surface area contributed by atoms with Gasteiger partial charge in [-0.1, -0.05) is 24.3 Å². The molecule has 0 heterocycles. The number of amides is 1.